The van der Waals surface area contributed by atoms with Crippen molar-refractivity contribution in [3.8, 4) is 0 Å². The summed E-state index contributed by atoms with van der Waals surface area (Å²) in [6, 6.07) is 0. The maximum absolute atomic E-state index is 4.54. The number of rotatable bonds is 4. The van der Waals surface area contributed by atoms with Gasteiger partial charge in [0.2, 0.25) is 0 Å². The highest BCUT2D eigenvalue weighted by Crippen LogP contribution is 2.30. The lowest BCUT2D eigenvalue weighted by atomic mass is 9.97. The van der Waals surface area contributed by atoms with E-state index in [1.165, 1.54) is 38.8 Å². The lowest BCUT2D eigenvalue weighted by Gasteiger charge is -2.32. The molecule has 7 heteroatoms. The maximum Gasteiger partial charge on any atom is 0.185 e. The van der Waals surface area contributed by atoms with Crippen molar-refractivity contribution in [1.82, 2.24) is 24.6 Å². The number of hydrogen-bond acceptors (Lipinski definition) is 6. The van der Waals surface area contributed by atoms with Crippen molar-refractivity contribution < 1.29 is 0 Å². The van der Waals surface area contributed by atoms with E-state index in [0.717, 1.165) is 36.4 Å². The zero-order valence-electron chi connectivity index (χ0n) is 13.7. The number of likely N-dealkylation sites (tertiary alicyclic amines) is 1. The topological polar surface area (TPSA) is 50.1 Å². The summed E-state index contributed by atoms with van der Waals surface area (Å²) < 4.78 is 2.23. The lowest BCUT2D eigenvalue weighted by molar-refractivity contribution is 0.317. The van der Waals surface area contributed by atoms with Gasteiger partial charge in [-0.2, -0.15) is 0 Å². The van der Waals surface area contributed by atoms with Gasteiger partial charge in [0.25, 0.3) is 0 Å². The van der Waals surface area contributed by atoms with E-state index in [1.807, 2.05) is 6.20 Å². The number of anilines is 1. The van der Waals surface area contributed by atoms with Crippen molar-refractivity contribution in [2.45, 2.75) is 38.1 Å². The standard InChI is InChI=1S/C16H24N6S/c1-20-14(12-21-7-2-3-8-21)18-19-15(20)13-5-4-9-22(11-13)16-17-6-10-23-16/h6,10,13H,2-5,7-9,11-12H2,1H3/t13-/m1/s1. The molecule has 2 fully saturated rings. The maximum atomic E-state index is 4.54. The average Bonchev–Trinajstić information content (AvgIpc) is 3.32. The fourth-order valence-corrected chi connectivity index (χ4v) is 4.42. The molecule has 124 valence electrons. The van der Waals surface area contributed by atoms with Crippen molar-refractivity contribution >= 4 is 16.5 Å². The van der Waals surface area contributed by atoms with Crippen molar-refractivity contribution in [2.75, 3.05) is 31.1 Å². The predicted octanol–water partition coefficient (Wildman–Crippen LogP) is 2.25. The van der Waals surface area contributed by atoms with Crippen molar-refractivity contribution in [3.63, 3.8) is 0 Å². The molecule has 0 N–H and O–H groups in total. The van der Waals surface area contributed by atoms with E-state index in [0.29, 0.717) is 5.92 Å². The molecule has 4 heterocycles. The molecule has 0 aliphatic carbocycles. The van der Waals surface area contributed by atoms with Gasteiger partial charge in [-0.25, -0.2) is 4.98 Å². The van der Waals surface area contributed by atoms with E-state index in [1.54, 1.807) is 11.3 Å². The number of nitrogens with zero attached hydrogens (tertiary/aromatic N) is 6. The van der Waals surface area contributed by atoms with Crippen molar-refractivity contribution in [3.05, 3.63) is 23.2 Å². The summed E-state index contributed by atoms with van der Waals surface area (Å²) in [7, 11) is 2.13. The first-order valence-corrected chi connectivity index (χ1v) is 9.44. The second-order valence-corrected chi connectivity index (χ2v) is 7.49. The van der Waals surface area contributed by atoms with E-state index in [2.05, 4.69) is 42.0 Å². The van der Waals surface area contributed by atoms with Crippen LogP contribution in [0.1, 0.15) is 43.3 Å². The van der Waals surface area contributed by atoms with E-state index >= 15 is 0 Å². The van der Waals surface area contributed by atoms with E-state index in [4.69, 9.17) is 0 Å². The average molecular weight is 332 g/mol. The third-order valence-electron chi connectivity index (χ3n) is 5.04. The van der Waals surface area contributed by atoms with Gasteiger partial charge in [-0.05, 0) is 38.8 Å². The molecule has 2 aliphatic rings. The van der Waals surface area contributed by atoms with Gasteiger partial charge < -0.3 is 9.47 Å². The van der Waals surface area contributed by atoms with Crippen LogP contribution in [0.5, 0.6) is 0 Å². The van der Waals surface area contributed by atoms with Crippen LogP contribution in [0.15, 0.2) is 11.6 Å². The van der Waals surface area contributed by atoms with Crippen LogP contribution in [0.4, 0.5) is 5.13 Å². The molecule has 4 rings (SSSR count). The molecule has 0 amide bonds. The highest BCUT2D eigenvalue weighted by atomic mass is 32.1. The van der Waals surface area contributed by atoms with Gasteiger partial charge in [-0.3, -0.25) is 4.90 Å². The minimum atomic E-state index is 0.456. The molecule has 0 saturated carbocycles. The molecular weight excluding hydrogens is 308 g/mol. The molecule has 0 aromatic carbocycles. The van der Waals surface area contributed by atoms with Gasteiger partial charge in [0, 0.05) is 37.6 Å². The molecule has 6 nitrogen and oxygen atoms in total. The van der Waals surface area contributed by atoms with Crippen molar-refractivity contribution in [2.24, 2.45) is 7.05 Å². The number of aromatic nitrogens is 4. The van der Waals surface area contributed by atoms with Crippen LogP contribution in [0.25, 0.3) is 0 Å². The number of thiazole rings is 1. The van der Waals surface area contributed by atoms with Gasteiger partial charge >= 0.3 is 0 Å². The second kappa shape index (κ2) is 6.57. The summed E-state index contributed by atoms with van der Waals surface area (Å²) in [6.07, 6.45) is 6.91. The van der Waals surface area contributed by atoms with Gasteiger partial charge in [0.1, 0.15) is 11.6 Å². The Balaban J connectivity index is 1.47. The Labute approximate surface area is 141 Å². The molecule has 2 saturated heterocycles. The minimum absolute atomic E-state index is 0.456. The zero-order chi connectivity index (χ0) is 15.6. The zero-order valence-corrected chi connectivity index (χ0v) is 14.5. The molecule has 23 heavy (non-hydrogen) atoms. The molecule has 1 atom stereocenters. The van der Waals surface area contributed by atoms with Gasteiger partial charge in [0.15, 0.2) is 5.13 Å². The first kappa shape index (κ1) is 15.1. The third kappa shape index (κ3) is 3.12. The molecule has 2 aromatic rings. The second-order valence-electron chi connectivity index (χ2n) is 6.62. The van der Waals surface area contributed by atoms with Gasteiger partial charge in [-0.1, -0.05) is 0 Å². The molecule has 0 radical (unpaired) electrons. The van der Waals surface area contributed by atoms with Crippen LogP contribution in [0, 0.1) is 0 Å². The Morgan fingerprint density at radius 2 is 2.04 bits per heavy atom. The van der Waals surface area contributed by atoms with Crippen LogP contribution in [0.3, 0.4) is 0 Å². The summed E-state index contributed by atoms with van der Waals surface area (Å²) in [5.74, 6) is 2.70. The summed E-state index contributed by atoms with van der Waals surface area (Å²) in [6.45, 7) is 5.44. The first-order chi connectivity index (χ1) is 11.3. The SMILES string of the molecule is Cn1c(CN2CCCC2)nnc1[C@@H]1CCCN(c2nccs2)C1. The fourth-order valence-electron chi connectivity index (χ4n) is 3.74. The number of piperidine rings is 1. The molecule has 0 bridgehead atoms. The molecule has 2 aromatic heterocycles. The quantitative estimate of drug-likeness (QED) is 0.859. The monoisotopic (exact) mass is 332 g/mol. The lowest BCUT2D eigenvalue weighted by Crippen LogP contribution is -2.35. The van der Waals surface area contributed by atoms with Crippen molar-refractivity contribution in [1.29, 1.82) is 0 Å². The largest absolute Gasteiger partial charge is 0.347 e. The van der Waals surface area contributed by atoms with Crippen LogP contribution >= 0.6 is 11.3 Å². The molecule has 2 aliphatic heterocycles. The Morgan fingerprint density at radius 1 is 1.17 bits per heavy atom. The first-order valence-electron chi connectivity index (χ1n) is 8.56. The Hall–Kier alpha value is -1.47. The smallest absolute Gasteiger partial charge is 0.185 e. The van der Waals surface area contributed by atoms with Crippen LogP contribution < -0.4 is 4.90 Å². The van der Waals surface area contributed by atoms with E-state index in [9.17, 15) is 0 Å². The molecular formula is C16H24N6S. The van der Waals surface area contributed by atoms with E-state index < -0.39 is 0 Å². The highest BCUT2D eigenvalue weighted by molar-refractivity contribution is 7.13. The number of hydrogen-bond donors (Lipinski definition) is 0. The summed E-state index contributed by atoms with van der Waals surface area (Å²) in [5.41, 5.74) is 0. The highest BCUT2D eigenvalue weighted by Gasteiger charge is 2.27. The normalized spacial score (nSPS) is 22.8. The van der Waals surface area contributed by atoms with Gasteiger partial charge in [0.05, 0.1) is 6.54 Å². The van der Waals surface area contributed by atoms with E-state index in [-0.39, 0.29) is 0 Å². The summed E-state index contributed by atoms with van der Waals surface area (Å²) >= 11 is 1.72. The molecule has 0 unspecified atom stereocenters. The Kier molecular flexibility index (Phi) is 4.31. The Bertz CT molecular complexity index is 631. The van der Waals surface area contributed by atoms with Gasteiger partial charge in [-0.15, -0.1) is 21.5 Å². The third-order valence-corrected chi connectivity index (χ3v) is 5.87. The fraction of sp³-hybridized carbons (Fsp3) is 0.688. The van der Waals surface area contributed by atoms with Crippen LogP contribution in [0.2, 0.25) is 0 Å². The summed E-state index contributed by atoms with van der Waals surface area (Å²) in [5, 5.41) is 12.2. The molecule has 0 spiro atoms. The van der Waals surface area contributed by atoms with Crippen LogP contribution in [-0.2, 0) is 13.6 Å². The summed E-state index contributed by atoms with van der Waals surface area (Å²) in [4.78, 5) is 9.34. The predicted molar refractivity (Wildman–Crippen MR) is 91.8 cm³/mol. The van der Waals surface area contributed by atoms with Crippen LogP contribution in [-0.4, -0.2) is 50.8 Å². The minimum Gasteiger partial charge on any atom is -0.347 e. The Morgan fingerprint density at radius 3 is 2.83 bits per heavy atom.